The minimum Gasteiger partial charge on any atom is -0.390 e. The van der Waals surface area contributed by atoms with E-state index in [1.807, 2.05) is 13.8 Å². The van der Waals surface area contributed by atoms with Crippen LogP contribution in [0.15, 0.2) is 0 Å². The van der Waals surface area contributed by atoms with Gasteiger partial charge in [-0.2, -0.15) is 0 Å². The Hall–Kier alpha value is -0.0800. The van der Waals surface area contributed by atoms with Crippen molar-refractivity contribution in [1.29, 1.82) is 0 Å². The van der Waals surface area contributed by atoms with Crippen LogP contribution in [0.25, 0.3) is 0 Å². The Morgan fingerprint density at radius 2 is 2.00 bits per heavy atom. The van der Waals surface area contributed by atoms with Gasteiger partial charge >= 0.3 is 0 Å². The van der Waals surface area contributed by atoms with Crippen LogP contribution in [0.5, 0.6) is 0 Å². The number of aliphatic hydroxyl groups excluding tert-OH is 1. The van der Waals surface area contributed by atoms with Crippen LogP contribution in [-0.2, 0) is 4.74 Å². The SMILES string of the molecule is CCOC(C)C(O)CC1CCCCC1C. The predicted octanol–water partition coefficient (Wildman–Crippen LogP) is 2.99. The third-order valence-corrected chi connectivity index (χ3v) is 3.80. The molecular weight excluding hydrogens is 188 g/mol. The molecule has 4 unspecified atom stereocenters. The van der Waals surface area contributed by atoms with Gasteiger partial charge in [0.1, 0.15) is 0 Å². The fourth-order valence-corrected chi connectivity index (χ4v) is 2.62. The molecule has 0 heterocycles. The number of aliphatic hydroxyl groups is 1. The molecule has 0 amide bonds. The lowest BCUT2D eigenvalue weighted by molar-refractivity contribution is -0.0369. The van der Waals surface area contributed by atoms with Crippen molar-refractivity contribution in [3.63, 3.8) is 0 Å². The maximum Gasteiger partial charge on any atom is 0.0805 e. The summed E-state index contributed by atoms with van der Waals surface area (Å²) < 4.78 is 5.43. The Labute approximate surface area is 94.0 Å². The van der Waals surface area contributed by atoms with Gasteiger partial charge in [-0.25, -0.2) is 0 Å². The smallest absolute Gasteiger partial charge is 0.0805 e. The molecule has 1 aliphatic rings. The first-order valence-electron chi connectivity index (χ1n) is 6.44. The summed E-state index contributed by atoms with van der Waals surface area (Å²) in [5.74, 6) is 1.49. The van der Waals surface area contributed by atoms with Crippen LogP contribution in [-0.4, -0.2) is 23.9 Å². The number of rotatable bonds is 5. The molecular formula is C13H26O2. The zero-order chi connectivity index (χ0) is 11.3. The Morgan fingerprint density at radius 3 is 2.60 bits per heavy atom. The van der Waals surface area contributed by atoms with Gasteiger partial charge in [-0.3, -0.25) is 0 Å². The van der Waals surface area contributed by atoms with E-state index in [-0.39, 0.29) is 12.2 Å². The van der Waals surface area contributed by atoms with Crippen LogP contribution < -0.4 is 0 Å². The molecule has 0 aromatic carbocycles. The number of hydrogen-bond donors (Lipinski definition) is 1. The fourth-order valence-electron chi connectivity index (χ4n) is 2.62. The Balaban J connectivity index is 2.32. The van der Waals surface area contributed by atoms with E-state index in [2.05, 4.69) is 6.92 Å². The maximum atomic E-state index is 9.99. The molecule has 1 fully saturated rings. The van der Waals surface area contributed by atoms with Crippen LogP contribution in [0, 0.1) is 11.8 Å². The van der Waals surface area contributed by atoms with Crippen molar-refractivity contribution in [2.75, 3.05) is 6.61 Å². The molecule has 0 bridgehead atoms. The van der Waals surface area contributed by atoms with Gasteiger partial charge in [-0.05, 0) is 32.1 Å². The lowest BCUT2D eigenvalue weighted by atomic mass is 9.77. The molecule has 90 valence electrons. The summed E-state index contributed by atoms with van der Waals surface area (Å²) in [6.07, 6.45) is 5.96. The first kappa shape index (κ1) is 13.0. The third kappa shape index (κ3) is 4.12. The zero-order valence-electron chi connectivity index (χ0n) is 10.4. The van der Waals surface area contributed by atoms with E-state index in [1.54, 1.807) is 0 Å². The predicted molar refractivity (Wildman–Crippen MR) is 62.8 cm³/mol. The summed E-state index contributed by atoms with van der Waals surface area (Å²) >= 11 is 0. The standard InChI is InChI=1S/C13H26O2/c1-4-15-11(3)13(14)9-12-8-6-5-7-10(12)2/h10-14H,4-9H2,1-3H3. The highest BCUT2D eigenvalue weighted by atomic mass is 16.5. The number of hydrogen-bond acceptors (Lipinski definition) is 2. The van der Waals surface area contributed by atoms with Crippen molar-refractivity contribution in [2.45, 2.75) is 65.1 Å². The van der Waals surface area contributed by atoms with Crippen molar-refractivity contribution in [1.82, 2.24) is 0 Å². The second kappa shape index (κ2) is 6.49. The topological polar surface area (TPSA) is 29.5 Å². The van der Waals surface area contributed by atoms with E-state index in [4.69, 9.17) is 4.74 Å². The monoisotopic (exact) mass is 214 g/mol. The Bertz CT molecular complexity index is 170. The van der Waals surface area contributed by atoms with Crippen molar-refractivity contribution in [3.05, 3.63) is 0 Å². The van der Waals surface area contributed by atoms with Gasteiger partial charge in [-0.15, -0.1) is 0 Å². The molecule has 2 nitrogen and oxygen atoms in total. The molecule has 0 saturated heterocycles. The summed E-state index contributed by atoms with van der Waals surface area (Å²) in [7, 11) is 0. The Kier molecular flexibility index (Phi) is 5.62. The summed E-state index contributed by atoms with van der Waals surface area (Å²) in [6.45, 7) is 6.97. The van der Waals surface area contributed by atoms with Crippen molar-refractivity contribution >= 4 is 0 Å². The van der Waals surface area contributed by atoms with Gasteiger partial charge in [0.2, 0.25) is 0 Å². The molecule has 0 aliphatic heterocycles. The van der Waals surface area contributed by atoms with Crippen LogP contribution >= 0.6 is 0 Å². The minimum absolute atomic E-state index is 0.0101. The fraction of sp³-hybridized carbons (Fsp3) is 1.00. The second-order valence-electron chi connectivity index (χ2n) is 4.99. The minimum atomic E-state index is -0.282. The van der Waals surface area contributed by atoms with E-state index < -0.39 is 0 Å². The van der Waals surface area contributed by atoms with Crippen molar-refractivity contribution in [2.24, 2.45) is 11.8 Å². The quantitative estimate of drug-likeness (QED) is 0.762. The summed E-state index contributed by atoms with van der Waals surface area (Å²) in [4.78, 5) is 0. The summed E-state index contributed by atoms with van der Waals surface area (Å²) in [5, 5.41) is 9.99. The van der Waals surface area contributed by atoms with Gasteiger partial charge in [0.25, 0.3) is 0 Å². The molecule has 15 heavy (non-hydrogen) atoms. The molecule has 1 rings (SSSR count). The Morgan fingerprint density at radius 1 is 1.33 bits per heavy atom. The van der Waals surface area contributed by atoms with Crippen LogP contribution in [0.1, 0.15) is 52.9 Å². The molecule has 1 saturated carbocycles. The molecule has 0 spiro atoms. The van der Waals surface area contributed by atoms with E-state index in [0.717, 1.165) is 12.3 Å². The van der Waals surface area contributed by atoms with Crippen LogP contribution in [0.3, 0.4) is 0 Å². The van der Waals surface area contributed by atoms with E-state index >= 15 is 0 Å². The average Bonchev–Trinajstić information content (AvgIpc) is 2.21. The zero-order valence-corrected chi connectivity index (χ0v) is 10.4. The maximum absolute atomic E-state index is 9.99. The molecule has 1 N–H and O–H groups in total. The van der Waals surface area contributed by atoms with Gasteiger partial charge in [0.05, 0.1) is 12.2 Å². The van der Waals surface area contributed by atoms with Crippen molar-refractivity contribution < 1.29 is 9.84 Å². The number of ether oxygens (including phenoxy) is 1. The third-order valence-electron chi connectivity index (χ3n) is 3.80. The van der Waals surface area contributed by atoms with Gasteiger partial charge in [0, 0.05) is 6.61 Å². The first-order chi connectivity index (χ1) is 7.15. The molecule has 0 aromatic rings. The highest BCUT2D eigenvalue weighted by Crippen LogP contribution is 2.33. The van der Waals surface area contributed by atoms with Crippen LogP contribution in [0.2, 0.25) is 0 Å². The highest BCUT2D eigenvalue weighted by Gasteiger charge is 2.26. The lowest BCUT2D eigenvalue weighted by Gasteiger charge is -2.31. The largest absolute Gasteiger partial charge is 0.390 e. The van der Waals surface area contributed by atoms with Crippen molar-refractivity contribution in [3.8, 4) is 0 Å². The molecule has 0 radical (unpaired) electrons. The normalized spacial score (nSPS) is 31.2. The first-order valence-corrected chi connectivity index (χ1v) is 6.44. The van der Waals surface area contributed by atoms with Gasteiger partial charge < -0.3 is 9.84 Å². The molecule has 1 aliphatic carbocycles. The van der Waals surface area contributed by atoms with Gasteiger partial charge in [-0.1, -0.05) is 32.6 Å². The van der Waals surface area contributed by atoms with E-state index in [9.17, 15) is 5.11 Å². The molecule has 0 aromatic heterocycles. The van der Waals surface area contributed by atoms with Crippen LogP contribution in [0.4, 0.5) is 0 Å². The van der Waals surface area contributed by atoms with E-state index in [0.29, 0.717) is 12.5 Å². The summed E-state index contributed by atoms with van der Waals surface area (Å²) in [5.41, 5.74) is 0. The highest BCUT2D eigenvalue weighted by molar-refractivity contribution is 4.77. The second-order valence-corrected chi connectivity index (χ2v) is 4.99. The van der Waals surface area contributed by atoms with E-state index in [1.165, 1.54) is 25.7 Å². The molecule has 4 atom stereocenters. The van der Waals surface area contributed by atoms with Gasteiger partial charge in [0.15, 0.2) is 0 Å². The summed E-state index contributed by atoms with van der Waals surface area (Å²) in [6, 6.07) is 0. The lowest BCUT2D eigenvalue weighted by Crippen LogP contribution is -2.31. The average molecular weight is 214 g/mol. The molecule has 2 heteroatoms.